The number of halogens is 1. The first-order valence-electron chi connectivity index (χ1n) is 22.6. The minimum atomic E-state index is -1.77. The average Bonchev–Trinajstić information content (AvgIpc) is 3.24. The molecule has 3 aliphatic heterocycles. The van der Waals surface area contributed by atoms with E-state index in [9.17, 15) is 24.6 Å². The summed E-state index contributed by atoms with van der Waals surface area (Å²) >= 11 is 3.43. The summed E-state index contributed by atoms with van der Waals surface area (Å²) in [6, 6.07) is 7.25. The molecule has 1 aromatic rings. The number of Topliss-reactive ketones (excluding diaryl/α,β-unsaturated/α-hetero) is 1. The zero-order chi connectivity index (χ0) is 48.1. The van der Waals surface area contributed by atoms with Gasteiger partial charge in [0.1, 0.15) is 29.2 Å². The third kappa shape index (κ3) is 12.4. The summed E-state index contributed by atoms with van der Waals surface area (Å²) in [6.45, 7) is 17.9. The number of amides is 1. The smallest absolute Gasteiger partial charge is 0.407 e. The number of carbonyl (C=O) groups excluding carboxylic acids is 3. The van der Waals surface area contributed by atoms with E-state index in [0.29, 0.717) is 6.42 Å². The van der Waals surface area contributed by atoms with Crippen molar-refractivity contribution in [2.24, 2.45) is 23.7 Å². The molecule has 64 heavy (non-hydrogen) atoms. The lowest BCUT2D eigenvalue weighted by atomic mass is 9.73. The number of methoxy groups -OCH3 is 3. The third-order valence-corrected chi connectivity index (χ3v) is 14.6. The van der Waals surface area contributed by atoms with Gasteiger partial charge in [-0.25, -0.2) is 4.79 Å². The van der Waals surface area contributed by atoms with Crippen LogP contribution < -0.4 is 5.32 Å². The van der Waals surface area contributed by atoms with E-state index in [1.54, 1.807) is 41.5 Å². The highest BCUT2D eigenvalue weighted by molar-refractivity contribution is 9.10. The normalized spacial score (nSPS) is 41.8. The Morgan fingerprint density at radius 2 is 1.50 bits per heavy atom. The van der Waals surface area contributed by atoms with Crippen LogP contribution in [-0.2, 0) is 58.8 Å². The number of aliphatic hydroxyl groups is 2. The topological polar surface area (TPSA) is 190 Å². The van der Waals surface area contributed by atoms with Gasteiger partial charge < -0.3 is 63.1 Å². The van der Waals surface area contributed by atoms with Crippen LogP contribution in [0.3, 0.4) is 0 Å². The summed E-state index contributed by atoms with van der Waals surface area (Å²) in [5, 5.41) is 26.7. The van der Waals surface area contributed by atoms with Crippen molar-refractivity contribution in [2.45, 2.75) is 186 Å². The summed E-state index contributed by atoms with van der Waals surface area (Å²) in [6.07, 6.45) is -8.91. The van der Waals surface area contributed by atoms with Crippen LogP contribution in [0.25, 0.3) is 0 Å². The molecule has 0 unspecified atom stereocenters. The number of hydrogen-bond acceptors (Lipinski definition) is 15. The summed E-state index contributed by atoms with van der Waals surface area (Å²) < 4.78 is 58.0. The predicted octanol–water partition coefficient (Wildman–Crippen LogP) is 5.79. The van der Waals surface area contributed by atoms with Crippen molar-refractivity contribution in [3.8, 4) is 0 Å². The van der Waals surface area contributed by atoms with Crippen LogP contribution >= 0.6 is 15.9 Å². The first kappa shape index (κ1) is 54.3. The number of ether oxygens (including phenoxy) is 9. The van der Waals surface area contributed by atoms with E-state index in [1.165, 1.54) is 28.3 Å². The van der Waals surface area contributed by atoms with Gasteiger partial charge in [-0.15, -0.1) is 0 Å². The van der Waals surface area contributed by atoms with E-state index in [-0.39, 0.29) is 43.7 Å². The highest BCUT2D eigenvalue weighted by Crippen LogP contribution is 2.42. The van der Waals surface area contributed by atoms with Crippen molar-refractivity contribution in [3.63, 3.8) is 0 Å². The molecule has 0 bridgehead atoms. The Labute approximate surface area is 389 Å². The number of alkyl carbamates (subject to hydrolysis) is 1. The number of ketones is 1. The Morgan fingerprint density at radius 3 is 2.06 bits per heavy atom. The van der Waals surface area contributed by atoms with Crippen LogP contribution in [0.15, 0.2) is 28.7 Å². The van der Waals surface area contributed by atoms with Gasteiger partial charge in [-0.1, -0.05) is 55.8 Å². The number of hydrogen-bond donors (Lipinski definition) is 3. The molecular formula is C47H77BrN2O14. The molecule has 0 aliphatic carbocycles. The fraction of sp³-hybridized carbons (Fsp3) is 0.809. The minimum Gasteiger partial charge on any atom is -0.459 e. The molecule has 0 aromatic heterocycles. The second kappa shape index (κ2) is 22.7. The van der Waals surface area contributed by atoms with Gasteiger partial charge in [0.15, 0.2) is 18.7 Å². The van der Waals surface area contributed by atoms with Gasteiger partial charge in [-0.05, 0) is 92.6 Å². The molecule has 0 spiro atoms. The lowest BCUT2D eigenvalue weighted by Crippen LogP contribution is -2.62. The molecule has 366 valence electrons. The van der Waals surface area contributed by atoms with Crippen molar-refractivity contribution in [1.82, 2.24) is 10.2 Å². The molecule has 3 heterocycles. The molecule has 3 saturated heterocycles. The number of nitrogens with zero attached hydrogens (tertiary/aromatic N) is 1. The molecule has 3 fully saturated rings. The number of carbonyl (C=O) groups is 3. The second-order valence-electron chi connectivity index (χ2n) is 19.2. The molecule has 3 N–H and O–H groups in total. The van der Waals surface area contributed by atoms with E-state index < -0.39 is 108 Å². The van der Waals surface area contributed by atoms with E-state index in [0.717, 1.165) is 10.0 Å². The monoisotopic (exact) mass is 972 g/mol. The van der Waals surface area contributed by atoms with Gasteiger partial charge in [-0.2, -0.15) is 0 Å². The van der Waals surface area contributed by atoms with Gasteiger partial charge >= 0.3 is 12.1 Å². The number of aliphatic hydroxyl groups excluding tert-OH is 1. The van der Waals surface area contributed by atoms with E-state index in [1.807, 2.05) is 64.0 Å². The summed E-state index contributed by atoms with van der Waals surface area (Å²) in [4.78, 5) is 44.1. The minimum absolute atomic E-state index is 0.0777. The number of cyclic esters (lactones) is 1. The average molecular weight is 974 g/mol. The van der Waals surface area contributed by atoms with Crippen molar-refractivity contribution < 1.29 is 67.2 Å². The Balaban J connectivity index is 1.78. The van der Waals surface area contributed by atoms with Gasteiger partial charge in [0.05, 0.1) is 42.0 Å². The summed E-state index contributed by atoms with van der Waals surface area (Å²) in [5.74, 6) is -4.11. The number of rotatable bonds is 12. The van der Waals surface area contributed by atoms with Crippen molar-refractivity contribution in [1.29, 1.82) is 0 Å². The Hall–Kier alpha value is -2.29. The molecule has 1 aromatic carbocycles. The van der Waals surface area contributed by atoms with E-state index >= 15 is 0 Å². The predicted molar refractivity (Wildman–Crippen MR) is 241 cm³/mol. The molecule has 18 atom stereocenters. The molecule has 4 rings (SSSR count). The fourth-order valence-electron chi connectivity index (χ4n) is 10.2. The molecule has 3 aliphatic rings. The number of benzene rings is 1. The molecule has 0 radical (unpaired) electrons. The van der Waals surface area contributed by atoms with Gasteiger partial charge in [0, 0.05) is 62.6 Å². The van der Waals surface area contributed by atoms with Crippen molar-refractivity contribution in [2.75, 3.05) is 35.4 Å². The summed E-state index contributed by atoms with van der Waals surface area (Å²) in [7, 11) is 8.25. The molecule has 17 heteroatoms. The molecule has 0 saturated carbocycles. The van der Waals surface area contributed by atoms with Gasteiger partial charge in [0.2, 0.25) is 0 Å². The van der Waals surface area contributed by atoms with Crippen LogP contribution in [0.5, 0.6) is 0 Å². The highest BCUT2D eigenvalue weighted by Gasteiger charge is 2.55. The molecule has 16 nitrogen and oxygen atoms in total. The zero-order valence-electron chi connectivity index (χ0n) is 40.6. The quantitative estimate of drug-likeness (QED) is 0.213. The first-order valence-corrected chi connectivity index (χ1v) is 23.4. The second-order valence-corrected chi connectivity index (χ2v) is 20.1. The maximum atomic E-state index is 14.6. The van der Waals surface area contributed by atoms with E-state index in [2.05, 4.69) is 21.2 Å². The summed E-state index contributed by atoms with van der Waals surface area (Å²) in [5.41, 5.74) is -3.27. The highest BCUT2D eigenvalue weighted by atomic mass is 79.9. The standard InChI is InChI=1S/C47H77BrN2O14/c1-16-34-47(10,55)40(56-13)27(4)36(51)25(2)22-45(8,57-14)39(63-43-37(52)33(50(11)12)21-26(3)59-43)28(5)38(29(6)42(53)61-34)62-35-23-46(9,58-15)41(30(7)60-35)64-44(54)49-24-31-17-19-32(48)20-18-31/h17-20,25-30,33-35,37-41,43,52,55H,16,21-24H2,1-15H3,(H,49,54)/t25-,26-,27+,28+,29-,30+,33+,34-,35+,37-,38+,39-,40-,41+,43+,45-,46-,47-/m1/s1. The first-order chi connectivity index (χ1) is 29.9. The largest absolute Gasteiger partial charge is 0.459 e. The lowest BCUT2D eigenvalue weighted by molar-refractivity contribution is -0.319. The zero-order valence-corrected chi connectivity index (χ0v) is 42.2. The van der Waals surface area contributed by atoms with Crippen LogP contribution in [0.2, 0.25) is 0 Å². The third-order valence-electron chi connectivity index (χ3n) is 14.0. The van der Waals surface area contributed by atoms with E-state index in [4.69, 9.17) is 42.6 Å². The number of nitrogens with one attached hydrogen (secondary N) is 1. The molecular weight excluding hydrogens is 896 g/mol. The number of esters is 1. The fourth-order valence-corrected chi connectivity index (χ4v) is 10.4. The van der Waals surface area contributed by atoms with Crippen LogP contribution in [0.4, 0.5) is 4.79 Å². The maximum absolute atomic E-state index is 14.6. The molecule has 1 amide bonds. The Morgan fingerprint density at radius 1 is 0.891 bits per heavy atom. The number of likely N-dealkylation sites (N-methyl/N-ethyl adjacent to an activating group) is 1. The Bertz CT molecular complexity index is 1690. The maximum Gasteiger partial charge on any atom is 0.407 e. The van der Waals surface area contributed by atoms with Crippen molar-refractivity contribution in [3.05, 3.63) is 34.3 Å². The van der Waals surface area contributed by atoms with Crippen LogP contribution in [0.1, 0.15) is 100 Å². The van der Waals surface area contributed by atoms with Crippen LogP contribution in [0, 0.1) is 23.7 Å². The van der Waals surface area contributed by atoms with Crippen LogP contribution in [-0.4, -0.2) is 153 Å². The lowest BCUT2D eigenvalue weighted by Gasteiger charge is -2.50. The Kier molecular flexibility index (Phi) is 19.2. The van der Waals surface area contributed by atoms with Gasteiger partial charge in [-0.3, -0.25) is 9.59 Å². The van der Waals surface area contributed by atoms with Gasteiger partial charge in [0.25, 0.3) is 0 Å². The van der Waals surface area contributed by atoms with Crippen molar-refractivity contribution >= 4 is 33.8 Å². The SMILES string of the molecule is CC[C@H]1OC(=O)[C@H](C)[C@@H](O[C@H]2C[C@@](C)(OC)[C@@H](OC(=O)NCc3ccc(Br)cc3)[C@H](C)O2)[C@H](C)[C@@H](O[C@@H]2O[C@H](C)C[C@H](N(C)C)[C@H]2O)[C@](C)(OC)C[C@@H](C)C(=O)[C@H](C)[C@@H](OC)[C@]1(C)O.